The Kier molecular flexibility index (Phi) is 4.31. The summed E-state index contributed by atoms with van der Waals surface area (Å²) in [6.07, 6.45) is 1.93. The van der Waals surface area contributed by atoms with Crippen molar-refractivity contribution in [2.24, 2.45) is 0 Å². The predicted octanol–water partition coefficient (Wildman–Crippen LogP) is 1.94. The fourth-order valence-corrected chi connectivity index (χ4v) is 2.75. The molecule has 0 aliphatic carbocycles. The molecule has 0 spiro atoms. The summed E-state index contributed by atoms with van der Waals surface area (Å²) in [5, 5.41) is 5.00. The van der Waals surface area contributed by atoms with E-state index in [9.17, 15) is 0 Å². The van der Waals surface area contributed by atoms with E-state index in [2.05, 4.69) is 27.0 Å². The van der Waals surface area contributed by atoms with Gasteiger partial charge in [-0.05, 0) is 30.3 Å². The largest absolute Gasteiger partial charge is 0.382 e. The zero-order valence-electron chi connectivity index (χ0n) is 12.0. The molecule has 2 heterocycles. The van der Waals surface area contributed by atoms with Gasteiger partial charge in [0.15, 0.2) is 0 Å². The first kappa shape index (κ1) is 14.2. The van der Waals surface area contributed by atoms with Gasteiger partial charge in [0.2, 0.25) is 0 Å². The fraction of sp³-hybridized carbons (Fsp3) is 0.400. The third-order valence-electron chi connectivity index (χ3n) is 3.87. The summed E-state index contributed by atoms with van der Waals surface area (Å²) < 4.78 is 1.90. The molecule has 0 radical (unpaired) electrons. The second-order valence-electron chi connectivity index (χ2n) is 5.31. The molecule has 2 aromatic rings. The summed E-state index contributed by atoms with van der Waals surface area (Å²) >= 11 is 5.93. The topological polar surface area (TPSA) is 50.3 Å². The number of hydrogen-bond acceptors (Lipinski definition) is 4. The number of halogens is 1. The second kappa shape index (κ2) is 6.37. The van der Waals surface area contributed by atoms with Crippen molar-refractivity contribution in [1.29, 1.82) is 0 Å². The van der Waals surface area contributed by atoms with Gasteiger partial charge < -0.3 is 10.6 Å². The Balaban J connectivity index is 1.47. The molecule has 0 bridgehead atoms. The van der Waals surface area contributed by atoms with Gasteiger partial charge in [0.1, 0.15) is 5.82 Å². The molecule has 2 N–H and O–H groups in total. The number of nitrogens with two attached hydrogens (primary N) is 1. The van der Waals surface area contributed by atoms with Crippen LogP contribution in [0.4, 0.5) is 11.5 Å². The summed E-state index contributed by atoms with van der Waals surface area (Å²) in [5.41, 5.74) is 6.87. The van der Waals surface area contributed by atoms with E-state index in [0.29, 0.717) is 5.82 Å². The number of anilines is 2. The Morgan fingerprint density at radius 1 is 1.00 bits per heavy atom. The molecular formula is C15H20ClN5. The van der Waals surface area contributed by atoms with E-state index in [0.717, 1.165) is 44.3 Å². The lowest BCUT2D eigenvalue weighted by atomic mass is 10.2. The van der Waals surface area contributed by atoms with Gasteiger partial charge in [0.25, 0.3) is 0 Å². The number of aromatic nitrogens is 2. The highest BCUT2D eigenvalue weighted by Crippen LogP contribution is 2.19. The van der Waals surface area contributed by atoms with Crippen LogP contribution >= 0.6 is 11.6 Å². The van der Waals surface area contributed by atoms with Crippen LogP contribution in [-0.2, 0) is 6.54 Å². The molecule has 1 fully saturated rings. The molecule has 1 aliphatic rings. The van der Waals surface area contributed by atoms with Crippen molar-refractivity contribution in [3.63, 3.8) is 0 Å². The summed E-state index contributed by atoms with van der Waals surface area (Å²) in [4.78, 5) is 4.86. The first-order valence-corrected chi connectivity index (χ1v) is 7.60. The van der Waals surface area contributed by atoms with E-state index in [-0.39, 0.29) is 0 Å². The molecule has 0 atom stereocenters. The number of hydrogen-bond donors (Lipinski definition) is 1. The summed E-state index contributed by atoms with van der Waals surface area (Å²) in [7, 11) is 0. The molecule has 5 nitrogen and oxygen atoms in total. The number of nitrogens with zero attached hydrogens (tertiary/aromatic N) is 4. The number of nitrogen functional groups attached to an aromatic ring is 1. The van der Waals surface area contributed by atoms with Crippen LogP contribution in [0, 0.1) is 0 Å². The van der Waals surface area contributed by atoms with Crippen molar-refractivity contribution in [2.75, 3.05) is 43.4 Å². The van der Waals surface area contributed by atoms with Gasteiger partial charge in [0.05, 0.1) is 6.54 Å². The lowest BCUT2D eigenvalue weighted by molar-refractivity contribution is 0.244. The van der Waals surface area contributed by atoms with Gasteiger partial charge in [-0.2, -0.15) is 5.10 Å². The number of piperazine rings is 1. The van der Waals surface area contributed by atoms with E-state index >= 15 is 0 Å². The van der Waals surface area contributed by atoms with Gasteiger partial charge >= 0.3 is 0 Å². The molecule has 1 aromatic carbocycles. The maximum atomic E-state index is 5.93. The first-order valence-electron chi connectivity index (χ1n) is 7.22. The molecule has 3 rings (SSSR count). The molecule has 0 unspecified atom stereocenters. The van der Waals surface area contributed by atoms with E-state index in [1.807, 2.05) is 29.1 Å². The summed E-state index contributed by atoms with van der Waals surface area (Å²) in [6, 6.07) is 9.91. The number of benzene rings is 1. The van der Waals surface area contributed by atoms with Gasteiger partial charge in [-0.25, -0.2) is 0 Å². The molecule has 1 saturated heterocycles. The smallest absolute Gasteiger partial charge is 0.145 e. The van der Waals surface area contributed by atoms with Crippen LogP contribution in [0.3, 0.4) is 0 Å². The van der Waals surface area contributed by atoms with E-state index in [4.69, 9.17) is 17.3 Å². The van der Waals surface area contributed by atoms with Crippen molar-refractivity contribution in [3.8, 4) is 0 Å². The Hall–Kier alpha value is -1.72. The third-order valence-corrected chi connectivity index (χ3v) is 4.12. The lowest BCUT2D eigenvalue weighted by Crippen LogP contribution is -2.47. The molecule has 21 heavy (non-hydrogen) atoms. The summed E-state index contributed by atoms with van der Waals surface area (Å²) in [6.45, 7) is 6.12. The predicted molar refractivity (Wildman–Crippen MR) is 86.7 cm³/mol. The lowest BCUT2D eigenvalue weighted by Gasteiger charge is -2.36. The summed E-state index contributed by atoms with van der Waals surface area (Å²) in [5.74, 6) is 0.586. The van der Waals surface area contributed by atoms with Gasteiger partial charge in [-0.1, -0.05) is 11.6 Å². The van der Waals surface area contributed by atoms with Crippen molar-refractivity contribution in [2.45, 2.75) is 6.54 Å². The quantitative estimate of drug-likeness (QED) is 0.938. The van der Waals surface area contributed by atoms with Crippen LogP contribution < -0.4 is 10.6 Å². The Morgan fingerprint density at radius 3 is 2.33 bits per heavy atom. The Labute approximate surface area is 129 Å². The average Bonchev–Trinajstić information content (AvgIpc) is 2.92. The molecule has 6 heteroatoms. The van der Waals surface area contributed by atoms with E-state index in [1.54, 1.807) is 0 Å². The van der Waals surface area contributed by atoms with Crippen LogP contribution in [0.2, 0.25) is 5.02 Å². The standard InChI is InChI=1S/C15H20ClN5/c16-13-1-3-14(4-2-13)20-10-7-19(8-11-20)9-12-21-6-5-15(17)18-21/h1-6H,7-12H2,(H2,17,18). The fourth-order valence-electron chi connectivity index (χ4n) is 2.63. The molecule has 0 amide bonds. The monoisotopic (exact) mass is 305 g/mol. The van der Waals surface area contributed by atoms with Crippen molar-refractivity contribution in [1.82, 2.24) is 14.7 Å². The molecule has 112 valence electrons. The van der Waals surface area contributed by atoms with Crippen LogP contribution in [0.1, 0.15) is 0 Å². The first-order chi connectivity index (χ1) is 10.2. The SMILES string of the molecule is Nc1ccn(CCN2CCN(c3ccc(Cl)cc3)CC2)n1. The second-order valence-corrected chi connectivity index (χ2v) is 5.75. The van der Waals surface area contributed by atoms with Gasteiger partial charge in [-0.3, -0.25) is 9.58 Å². The normalized spacial score (nSPS) is 16.3. The molecule has 1 aliphatic heterocycles. The highest BCUT2D eigenvalue weighted by molar-refractivity contribution is 6.30. The minimum Gasteiger partial charge on any atom is -0.382 e. The Bertz CT molecular complexity index is 572. The highest BCUT2D eigenvalue weighted by Gasteiger charge is 2.16. The van der Waals surface area contributed by atoms with Crippen molar-refractivity contribution >= 4 is 23.1 Å². The minimum atomic E-state index is 0.586. The minimum absolute atomic E-state index is 0.586. The molecule has 1 aromatic heterocycles. The maximum absolute atomic E-state index is 5.93. The van der Waals surface area contributed by atoms with Crippen molar-refractivity contribution < 1.29 is 0 Å². The third kappa shape index (κ3) is 3.68. The molecule has 0 saturated carbocycles. The zero-order valence-corrected chi connectivity index (χ0v) is 12.7. The van der Waals surface area contributed by atoms with Gasteiger partial charge in [0, 0.05) is 49.6 Å². The van der Waals surface area contributed by atoms with E-state index in [1.165, 1.54) is 5.69 Å². The number of rotatable bonds is 4. The van der Waals surface area contributed by atoms with Crippen LogP contribution in [-0.4, -0.2) is 47.4 Å². The zero-order chi connectivity index (χ0) is 14.7. The van der Waals surface area contributed by atoms with Crippen molar-refractivity contribution in [3.05, 3.63) is 41.6 Å². The molecular weight excluding hydrogens is 286 g/mol. The maximum Gasteiger partial charge on any atom is 0.145 e. The highest BCUT2D eigenvalue weighted by atomic mass is 35.5. The Morgan fingerprint density at radius 2 is 1.71 bits per heavy atom. The van der Waals surface area contributed by atoms with Crippen LogP contribution in [0.25, 0.3) is 0 Å². The van der Waals surface area contributed by atoms with Gasteiger partial charge in [-0.15, -0.1) is 0 Å². The average molecular weight is 306 g/mol. The van der Waals surface area contributed by atoms with Crippen LogP contribution in [0.15, 0.2) is 36.5 Å². The van der Waals surface area contributed by atoms with E-state index < -0.39 is 0 Å². The van der Waals surface area contributed by atoms with Crippen LogP contribution in [0.5, 0.6) is 0 Å².